The molecule has 0 aromatic heterocycles. The van der Waals surface area contributed by atoms with Crippen LogP contribution in [0.25, 0.3) is 0 Å². The molecule has 1 aliphatic rings. The first-order valence-electron chi connectivity index (χ1n) is 15.4. The number of benzene rings is 2. The van der Waals surface area contributed by atoms with Gasteiger partial charge in [0.1, 0.15) is 11.6 Å². The molecule has 1 saturated heterocycles. The lowest BCUT2D eigenvalue weighted by Gasteiger charge is -2.38. The maximum absolute atomic E-state index is 14.0. The number of unbranched alkanes of at least 4 members (excludes halogenated alkanes) is 1. The maximum atomic E-state index is 14.0. The monoisotopic (exact) mass is 573 g/mol. The second-order valence-corrected chi connectivity index (χ2v) is 11.3. The van der Waals surface area contributed by atoms with Crippen LogP contribution in [0.3, 0.4) is 0 Å². The lowest BCUT2D eigenvalue weighted by molar-refractivity contribution is -0.129. The van der Waals surface area contributed by atoms with Gasteiger partial charge in [-0.2, -0.15) is 0 Å². The Morgan fingerprint density at radius 1 is 1.05 bits per heavy atom. The van der Waals surface area contributed by atoms with Crippen LogP contribution in [-0.2, 0) is 28.9 Å². The van der Waals surface area contributed by atoms with Gasteiger partial charge >= 0.3 is 0 Å². The maximum Gasteiger partial charge on any atom is 0.237 e. The molecule has 1 aliphatic heterocycles. The number of nitrogens with zero attached hydrogens (tertiary/aromatic N) is 1. The number of ether oxygens (including phenoxy) is 1. The average Bonchev–Trinajstić information content (AvgIpc) is 2.96. The van der Waals surface area contributed by atoms with Crippen LogP contribution in [0.1, 0.15) is 69.6 Å². The van der Waals surface area contributed by atoms with Crippen molar-refractivity contribution in [2.75, 3.05) is 32.8 Å². The zero-order valence-corrected chi connectivity index (χ0v) is 25.0. The van der Waals surface area contributed by atoms with Gasteiger partial charge in [0.25, 0.3) is 0 Å². The molecule has 3 rings (SSSR count). The predicted molar refractivity (Wildman–Crippen MR) is 160 cm³/mol. The van der Waals surface area contributed by atoms with Crippen LogP contribution in [-0.4, -0.2) is 66.9 Å². The third kappa shape index (κ3) is 11.1. The van der Waals surface area contributed by atoms with Gasteiger partial charge in [0.15, 0.2) is 0 Å². The zero-order chi connectivity index (χ0) is 29.6. The van der Waals surface area contributed by atoms with Gasteiger partial charge in [0, 0.05) is 32.4 Å². The number of rotatable bonds is 17. The molecule has 3 unspecified atom stereocenters. The van der Waals surface area contributed by atoms with Crippen LogP contribution < -0.4 is 10.6 Å². The second kappa shape index (κ2) is 17.5. The number of piperidine rings is 1. The van der Waals surface area contributed by atoms with Gasteiger partial charge in [0.2, 0.25) is 5.91 Å². The molecule has 6 nitrogen and oxygen atoms in total. The quantitative estimate of drug-likeness (QED) is 0.248. The number of carbonyl (C=O) groups is 1. The molecule has 1 heterocycles. The van der Waals surface area contributed by atoms with Crippen molar-refractivity contribution in [3.63, 3.8) is 0 Å². The van der Waals surface area contributed by atoms with Crippen molar-refractivity contribution in [3.05, 3.63) is 70.8 Å². The molecule has 0 bridgehead atoms. The van der Waals surface area contributed by atoms with E-state index in [0.717, 1.165) is 69.9 Å². The Bertz CT molecular complexity index is 1040. The highest BCUT2D eigenvalue weighted by Gasteiger charge is 2.32. The molecule has 0 radical (unpaired) electrons. The fourth-order valence-electron chi connectivity index (χ4n) is 5.60. The molecule has 8 heteroatoms. The van der Waals surface area contributed by atoms with E-state index in [4.69, 9.17) is 4.74 Å². The van der Waals surface area contributed by atoms with E-state index in [9.17, 15) is 18.7 Å². The number of hydrogen-bond donors (Lipinski definition) is 3. The number of aliphatic hydroxyl groups excluding tert-OH is 1. The van der Waals surface area contributed by atoms with E-state index in [1.165, 1.54) is 17.7 Å². The first-order valence-corrected chi connectivity index (χ1v) is 15.4. The number of aryl methyl sites for hydroxylation is 1. The summed E-state index contributed by atoms with van der Waals surface area (Å²) in [4.78, 5) is 16.0. The van der Waals surface area contributed by atoms with E-state index in [0.29, 0.717) is 24.6 Å². The highest BCUT2D eigenvalue weighted by molar-refractivity contribution is 5.82. The molecule has 3 atom stereocenters. The SMILES string of the molecule is CCCCC(C(=O)NC(Cc1cc(F)cc(F)c1)C(O)CNCc1cccc(CC)c1)N1CCC(COCC)CC1. The highest BCUT2D eigenvalue weighted by atomic mass is 19.1. The molecule has 2 aromatic carbocycles. The van der Waals surface area contributed by atoms with Crippen molar-refractivity contribution in [3.8, 4) is 0 Å². The summed E-state index contributed by atoms with van der Waals surface area (Å²) in [5.74, 6) is -0.991. The predicted octanol–water partition coefficient (Wildman–Crippen LogP) is 5.01. The van der Waals surface area contributed by atoms with E-state index >= 15 is 0 Å². The first kappa shape index (κ1) is 33.1. The van der Waals surface area contributed by atoms with Crippen molar-refractivity contribution < 1.29 is 23.4 Å². The molecular formula is C33H49F2N3O3. The summed E-state index contributed by atoms with van der Waals surface area (Å²) in [6, 6.07) is 10.6. The van der Waals surface area contributed by atoms with E-state index in [1.807, 2.05) is 19.1 Å². The highest BCUT2D eigenvalue weighted by Crippen LogP contribution is 2.22. The molecule has 3 N–H and O–H groups in total. The smallest absolute Gasteiger partial charge is 0.237 e. The lowest BCUT2D eigenvalue weighted by atomic mass is 9.94. The normalized spacial score (nSPS) is 16.8. The summed E-state index contributed by atoms with van der Waals surface area (Å²) in [5, 5.41) is 17.6. The van der Waals surface area contributed by atoms with Gasteiger partial charge in [-0.05, 0) is 86.9 Å². The van der Waals surface area contributed by atoms with E-state index in [-0.39, 0.29) is 24.9 Å². The topological polar surface area (TPSA) is 73.8 Å². The molecular weight excluding hydrogens is 524 g/mol. The molecule has 228 valence electrons. The van der Waals surface area contributed by atoms with Crippen LogP contribution in [0.15, 0.2) is 42.5 Å². The standard InChI is InChI=1S/C33H49F2N3O3/c1-4-7-11-31(38-14-12-25(13-15-38)23-41-6-3)33(40)37-30(19-27-17-28(34)20-29(35)18-27)32(39)22-36-21-26-10-8-9-24(5-2)16-26/h8-10,16-18,20,25,30-32,36,39H,4-7,11-15,19,21-23H2,1-3H3,(H,37,40). The minimum absolute atomic E-state index is 0.117. The molecule has 0 saturated carbocycles. The average molecular weight is 574 g/mol. The van der Waals surface area contributed by atoms with Gasteiger partial charge in [-0.25, -0.2) is 8.78 Å². The lowest BCUT2D eigenvalue weighted by Crippen LogP contribution is -2.56. The molecule has 1 amide bonds. The van der Waals surface area contributed by atoms with Crippen molar-refractivity contribution in [2.45, 2.75) is 90.4 Å². The Hall–Kier alpha value is -2.39. The van der Waals surface area contributed by atoms with Crippen molar-refractivity contribution in [2.24, 2.45) is 5.92 Å². The van der Waals surface area contributed by atoms with Gasteiger partial charge < -0.3 is 20.5 Å². The largest absolute Gasteiger partial charge is 0.390 e. The van der Waals surface area contributed by atoms with Crippen molar-refractivity contribution >= 4 is 5.91 Å². The van der Waals surface area contributed by atoms with Crippen molar-refractivity contribution in [1.29, 1.82) is 0 Å². The second-order valence-electron chi connectivity index (χ2n) is 11.3. The Kier molecular flexibility index (Phi) is 14.2. The summed E-state index contributed by atoms with van der Waals surface area (Å²) in [7, 11) is 0. The van der Waals surface area contributed by atoms with E-state index < -0.39 is 23.8 Å². The number of amides is 1. The first-order chi connectivity index (χ1) is 19.8. The molecule has 0 spiro atoms. The van der Waals surface area contributed by atoms with Gasteiger partial charge in [-0.1, -0.05) is 51.0 Å². The van der Waals surface area contributed by atoms with E-state index in [1.54, 1.807) is 0 Å². The van der Waals surface area contributed by atoms with Gasteiger partial charge in [-0.15, -0.1) is 0 Å². The third-order valence-corrected chi connectivity index (χ3v) is 8.03. The summed E-state index contributed by atoms with van der Waals surface area (Å²) in [6.45, 7) is 10.1. The Labute approximate surface area is 244 Å². The van der Waals surface area contributed by atoms with Crippen LogP contribution in [0, 0.1) is 17.6 Å². The van der Waals surface area contributed by atoms with Crippen molar-refractivity contribution in [1.82, 2.24) is 15.5 Å². The fourth-order valence-corrected chi connectivity index (χ4v) is 5.60. The van der Waals surface area contributed by atoms with Crippen LogP contribution in [0.2, 0.25) is 0 Å². The Balaban J connectivity index is 1.70. The molecule has 0 aliphatic carbocycles. The number of aliphatic hydroxyl groups is 1. The van der Waals surface area contributed by atoms with E-state index in [2.05, 4.69) is 41.5 Å². The summed E-state index contributed by atoms with van der Waals surface area (Å²) in [5.41, 5.74) is 2.74. The number of likely N-dealkylation sites (tertiary alicyclic amines) is 1. The van der Waals surface area contributed by atoms with Gasteiger partial charge in [-0.3, -0.25) is 9.69 Å². The van der Waals surface area contributed by atoms with Gasteiger partial charge in [0.05, 0.1) is 18.2 Å². The van der Waals surface area contributed by atoms with Crippen LogP contribution in [0.5, 0.6) is 0 Å². The Morgan fingerprint density at radius 2 is 1.76 bits per heavy atom. The Morgan fingerprint density at radius 3 is 2.41 bits per heavy atom. The summed E-state index contributed by atoms with van der Waals surface area (Å²) < 4.78 is 33.6. The number of halogens is 2. The summed E-state index contributed by atoms with van der Waals surface area (Å²) in [6.07, 6.45) is 4.68. The number of hydrogen-bond acceptors (Lipinski definition) is 5. The fraction of sp³-hybridized carbons (Fsp3) is 0.606. The number of carbonyl (C=O) groups excluding carboxylic acids is 1. The minimum Gasteiger partial charge on any atom is -0.390 e. The molecule has 1 fully saturated rings. The minimum atomic E-state index is -0.955. The summed E-state index contributed by atoms with van der Waals surface area (Å²) >= 11 is 0. The van der Waals surface area contributed by atoms with Crippen LogP contribution >= 0.6 is 0 Å². The number of nitrogens with one attached hydrogen (secondary N) is 2. The van der Waals surface area contributed by atoms with Crippen LogP contribution in [0.4, 0.5) is 8.78 Å². The zero-order valence-electron chi connectivity index (χ0n) is 25.0. The third-order valence-electron chi connectivity index (χ3n) is 8.03. The molecule has 2 aromatic rings. The molecule has 41 heavy (non-hydrogen) atoms.